The lowest BCUT2D eigenvalue weighted by molar-refractivity contribution is -0.140. The number of aliphatic hydroxyl groups excluding tert-OH is 1. The molecule has 0 rings (SSSR count). The first-order chi connectivity index (χ1) is 6.56. The molecule has 0 amide bonds. The number of aliphatic hydroxyl groups is 1. The Balaban J connectivity index is 3.41. The van der Waals surface area contributed by atoms with Gasteiger partial charge in [-0.15, -0.1) is 0 Å². The Labute approximate surface area is 85.2 Å². The molecule has 0 aliphatic carbocycles. The lowest BCUT2D eigenvalue weighted by atomic mass is 10.2. The van der Waals surface area contributed by atoms with Gasteiger partial charge in [-0.1, -0.05) is 6.58 Å². The highest BCUT2D eigenvalue weighted by molar-refractivity contribution is 5.81. The molecule has 4 nitrogen and oxygen atoms in total. The largest absolute Gasteiger partial charge is 0.460 e. The SMILES string of the molecule is C=CC(=O)OCC(O)CCCN(C)C. The van der Waals surface area contributed by atoms with Crippen LogP contribution >= 0.6 is 0 Å². The molecule has 0 saturated carbocycles. The van der Waals surface area contributed by atoms with Crippen molar-refractivity contribution in [2.24, 2.45) is 0 Å². The smallest absolute Gasteiger partial charge is 0.330 e. The number of carbonyl (C=O) groups excluding carboxylic acids is 1. The Kier molecular flexibility index (Phi) is 7.06. The molecule has 0 bridgehead atoms. The second kappa shape index (κ2) is 7.53. The predicted molar refractivity (Wildman–Crippen MR) is 55.0 cm³/mol. The average molecular weight is 201 g/mol. The molecule has 82 valence electrons. The second-order valence-electron chi connectivity index (χ2n) is 3.43. The van der Waals surface area contributed by atoms with E-state index in [9.17, 15) is 9.90 Å². The highest BCUT2D eigenvalue weighted by Crippen LogP contribution is 1.99. The lowest BCUT2D eigenvalue weighted by Crippen LogP contribution is -2.20. The molecule has 1 unspecified atom stereocenters. The highest BCUT2D eigenvalue weighted by Gasteiger charge is 2.06. The van der Waals surface area contributed by atoms with Gasteiger partial charge in [-0.2, -0.15) is 0 Å². The number of ether oxygens (including phenoxy) is 1. The van der Waals surface area contributed by atoms with Crippen molar-refractivity contribution in [2.45, 2.75) is 18.9 Å². The summed E-state index contributed by atoms with van der Waals surface area (Å²) in [7, 11) is 3.95. The number of hydrogen-bond acceptors (Lipinski definition) is 4. The lowest BCUT2D eigenvalue weighted by Gasteiger charge is -2.12. The van der Waals surface area contributed by atoms with E-state index in [1.54, 1.807) is 0 Å². The van der Waals surface area contributed by atoms with Gasteiger partial charge >= 0.3 is 5.97 Å². The fraction of sp³-hybridized carbons (Fsp3) is 0.700. The predicted octanol–water partition coefficient (Wildman–Crippen LogP) is 0.418. The van der Waals surface area contributed by atoms with Crippen LogP contribution in [0.15, 0.2) is 12.7 Å². The Morgan fingerprint density at radius 3 is 2.79 bits per heavy atom. The van der Waals surface area contributed by atoms with Gasteiger partial charge < -0.3 is 14.7 Å². The molecular formula is C10H19NO3. The quantitative estimate of drug-likeness (QED) is 0.479. The van der Waals surface area contributed by atoms with E-state index in [1.807, 2.05) is 19.0 Å². The molecule has 1 atom stereocenters. The van der Waals surface area contributed by atoms with E-state index in [-0.39, 0.29) is 6.61 Å². The fourth-order valence-corrected chi connectivity index (χ4v) is 0.964. The van der Waals surface area contributed by atoms with Crippen LogP contribution < -0.4 is 0 Å². The van der Waals surface area contributed by atoms with Gasteiger partial charge in [-0.3, -0.25) is 0 Å². The van der Waals surface area contributed by atoms with Crippen LogP contribution in [0.25, 0.3) is 0 Å². The molecule has 0 aliphatic rings. The summed E-state index contributed by atoms with van der Waals surface area (Å²) in [6, 6.07) is 0. The summed E-state index contributed by atoms with van der Waals surface area (Å²) in [5, 5.41) is 9.38. The Bertz CT molecular complexity index is 180. The van der Waals surface area contributed by atoms with Crippen LogP contribution in [0.5, 0.6) is 0 Å². The van der Waals surface area contributed by atoms with E-state index >= 15 is 0 Å². The summed E-state index contributed by atoms with van der Waals surface area (Å²) in [6.45, 7) is 4.24. The molecule has 0 saturated heterocycles. The number of rotatable bonds is 7. The summed E-state index contributed by atoms with van der Waals surface area (Å²) in [4.78, 5) is 12.7. The van der Waals surface area contributed by atoms with Crippen molar-refractivity contribution < 1.29 is 14.6 Å². The molecule has 14 heavy (non-hydrogen) atoms. The first-order valence-corrected chi connectivity index (χ1v) is 4.68. The Morgan fingerprint density at radius 2 is 2.29 bits per heavy atom. The van der Waals surface area contributed by atoms with Gasteiger partial charge in [-0.05, 0) is 33.5 Å². The van der Waals surface area contributed by atoms with Gasteiger partial charge in [0, 0.05) is 6.08 Å². The molecule has 1 N–H and O–H groups in total. The molecule has 0 aromatic heterocycles. The Hall–Kier alpha value is -0.870. The zero-order valence-corrected chi connectivity index (χ0v) is 8.90. The van der Waals surface area contributed by atoms with E-state index in [0.717, 1.165) is 19.0 Å². The van der Waals surface area contributed by atoms with Crippen molar-refractivity contribution in [3.05, 3.63) is 12.7 Å². The minimum absolute atomic E-state index is 0.0539. The van der Waals surface area contributed by atoms with Crippen LogP contribution in [-0.4, -0.2) is 49.3 Å². The van der Waals surface area contributed by atoms with E-state index in [0.29, 0.717) is 6.42 Å². The topological polar surface area (TPSA) is 49.8 Å². The number of nitrogens with zero attached hydrogens (tertiary/aromatic N) is 1. The van der Waals surface area contributed by atoms with Crippen molar-refractivity contribution in [1.29, 1.82) is 0 Å². The summed E-state index contributed by atoms with van der Waals surface area (Å²) in [5.74, 6) is -0.489. The second-order valence-corrected chi connectivity index (χ2v) is 3.43. The van der Waals surface area contributed by atoms with E-state index in [4.69, 9.17) is 0 Å². The normalized spacial score (nSPS) is 12.6. The average Bonchev–Trinajstić information content (AvgIpc) is 2.13. The minimum atomic E-state index is -0.571. The van der Waals surface area contributed by atoms with Crippen molar-refractivity contribution in [1.82, 2.24) is 4.90 Å². The summed E-state index contributed by atoms with van der Waals surface area (Å²) >= 11 is 0. The van der Waals surface area contributed by atoms with Crippen molar-refractivity contribution in [2.75, 3.05) is 27.2 Å². The van der Waals surface area contributed by atoms with Gasteiger partial charge in [0.15, 0.2) is 0 Å². The third-order valence-corrected chi connectivity index (χ3v) is 1.73. The van der Waals surface area contributed by atoms with E-state index in [2.05, 4.69) is 11.3 Å². The molecule has 0 aromatic rings. The third kappa shape index (κ3) is 7.76. The highest BCUT2D eigenvalue weighted by atomic mass is 16.5. The van der Waals surface area contributed by atoms with E-state index < -0.39 is 12.1 Å². The summed E-state index contributed by atoms with van der Waals surface area (Å²) < 4.78 is 4.69. The molecule has 0 aliphatic heterocycles. The van der Waals surface area contributed by atoms with E-state index in [1.165, 1.54) is 0 Å². The van der Waals surface area contributed by atoms with Crippen LogP contribution in [0, 0.1) is 0 Å². The van der Waals surface area contributed by atoms with Gasteiger partial charge in [0.1, 0.15) is 6.61 Å². The van der Waals surface area contributed by atoms with Crippen molar-refractivity contribution in [3.8, 4) is 0 Å². The maximum Gasteiger partial charge on any atom is 0.330 e. The number of hydrogen-bond donors (Lipinski definition) is 1. The number of esters is 1. The molecule has 0 heterocycles. The van der Waals surface area contributed by atoms with Crippen LogP contribution in [0.3, 0.4) is 0 Å². The Morgan fingerprint density at radius 1 is 1.64 bits per heavy atom. The fourth-order valence-electron chi connectivity index (χ4n) is 0.964. The third-order valence-electron chi connectivity index (χ3n) is 1.73. The summed E-state index contributed by atoms with van der Waals surface area (Å²) in [6.07, 6.45) is 2.05. The zero-order chi connectivity index (χ0) is 11.0. The monoisotopic (exact) mass is 201 g/mol. The maximum absolute atomic E-state index is 10.6. The van der Waals surface area contributed by atoms with Crippen LogP contribution in [0.1, 0.15) is 12.8 Å². The zero-order valence-electron chi connectivity index (χ0n) is 8.90. The first kappa shape index (κ1) is 13.1. The summed E-state index contributed by atoms with van der Waals surface area (Å²) in [5.41, 5.74) is 0. The first-order valence-electron chi connectivity index (χ1n) is 4.68. The molecule has 0 aromatic carbocycles. The van der Waals surface area contributed by atoms with Crippen LogP contribution in [0.2, 0.25) is 0 Å². The molecule has 0 fully saturated rings. The molecule has 0 spiro atoms. The van der Waals surface area contributed by atoms with Gasteiger partial charge in [0.25, 0.3) is 0 Å². The van der Waals surface area contributed by atoms with Gasteiger partial charge in [0.05, 0.1) is 6.10 Å². The van der Waals surface area contributed by atoms with Crippen molar-refractivity contribution >= 4 is 5.97 Å². The molecule has 0 radical (unpaired) electrons. The standard InChI is InChI=1S/C10H19NO3/c1-4-10(13)14-8-9(12)6-5-7-11(2)3/h4,9,12H,1,5-8H2,2-3H3. The van der Waals surface area contributed by atoms with Crippen molar-refractivity contribution in [3.63, 3.8) is 0 Å². The van der Waals surface area contributed by atoms with Crippen LogP contribution in [0.4, 0.5) is 0 Å². The number of carbonyl (C=O) groups is 1. The molecular weight excluding hydrogens is 182 g/mol. The van der Waals surface area contributed by atoms with Gasteiger partial charge in [-0.25, -0.2) is 4.79 Å². The van der Waals surface area contributed by atoms with Crippen LogP contribution in [-0.2, 0) is 9.53 Å². The van der Waals surface area contributed by atoms with Gasteiger partial charge in [0.2, 0.25) is 0 Å². The minimum Gasteiger partial charge on any atom is -0.460 e. The molecule has 4 heteroatoms. The maximum atomic E-state index is 10.6.